The normalized spacial score (nSPS) is 11.2. The van der Waals surface area contributed by atoms with Crippen molar-refractivity contribution in [3.05, 3.63) is 41.0 Å². The van der Waals surface area contributed by atoms with E-state index in [0.29, 0.717) is 12.3 Å². The van der Waals surface area contributed by atoms with E-state index in [0.717, 1.165) is 22.4 Å². The molecule has 0 atom stereocenters. The molecule has 18 heavy (non-hydrogen) atoms. The highest BCUT2D eigenvalue weighted by molar-refractivity contribution is 5.79. The third-order valence-corrected chi connectivity index (χ3v) is 2.91. The summed E-state index contributed by atoms with van der Waals surface area (Å²) in [6, 6.07) is 4.12. The molecule has 1 aromatic rings. The molecule has 0 bridgehead atoms. The van der Waals surface area contributed by atoms with Crippen molar-refractivity contribution in [2.24, 2.45) is 0 Å². The molecule has 98 valence electrons. The van der Waals surface area contributed by atoms with Crippen molar-refractivity contribution in [1.29, 1.82) is 0 Å². The fourth-order valence-electron chi connectivity index (χ4n) is 1.88. The maximum Gasteiger partial charge on any atom is 0.327 e. The summed E-state index contributed by atoms with van der Waals surface area (Å²) < 4.78 is 5.37. The second-order valence-electron chi connectivity index (χ2n) is 4.62. The van der Waals surface area contributed by atoms with Gasteiger partial charge < -0.3 is 9.84 Å². The highest BCUT2D eigenvalue weighted by Gasteiger charge is 2.10. The summed E-state index contributed by atoms with van der Waals surface area (Å²) in [5.41, 5.74) is 3.41. The van der Waals surface area contributed by atoms with Crippen LogP contribution in [-0.4, -0.2) is 18.2 Å². The fraction of sp³-hybridized carbons (Fsp3) is 0.400. The molecule has 1 rings (SSSR count). The average molecular weight is 248 g/mol. The van der Waals surface area contributed by atoms with Crippen LogP contribution in [0.25, 0.3) is 0 Å². The number of hydrogen-bond donors (Lipinski definition) is 1. The Morgan fingerprint density at radius 1 is 1.44 bits per heavy atom. The Kier molecular flexibility index (Phi) is 4.95. The van der Waals surface area contributed by atoms with Crippen LogP contribution in [-0.2, 0) is 11.2 Å². The quantitative estimate of drug-likeness (QED) is 0.813. The summed E-state index contributed by atoms with van der Waals surface area (Å²) in [4.78, 5) is 10.4. The van der Waals surface area contributed by atoms with Crippen molar-refractivity contribution in [2.45, 2.75) is 33.1 Å². The van der Waals surface area contributed by atoms with E-state index in [1.807, 2.05) is 13.0 Å². The third kappa shape index (κ3) is 3.62. The van der Waals surface area contributed by atoms with Crippen LogP contribution in [0.4, 0.5) is 0 Å². The van der Waals surface area contributed by atoms with Crippen molar-refractivity contribution < 1.29 is 14.6 Å². The minimum atomic E-state index is -0.912. The van der Waals surface area contributed by atoms with Gasteiger partial charge in [0.1, 0.15) is 5.75 Å². The summed E-state index contributed by atoms with van der Waals surface area (Å²) in [6.07, 6.45) is 3.47. The van der Waals surface area contributed by atoms with Gasteiger partial charge in [0.2, 0.25) is 0 Å². The lowest BCUT2D eigenvalue weighted by Gasteiger charge is -2.15. The number of hydrogen-bond acceptors (Lipinski definition) is 2. The van der Waals surface area contributed by atoms with Gasteiger partial charge in [0.05, 0.1) is 7.11 Å². The number of aryl methyl sites for hydroxylation is 1. The number of rotatable bonds is 5. The molecule has 0 aliphatic rings. The van der Waals surface area contributed by atoms with E-state index in [1.54, 1.807) is 13.2 Å². The number of carboxylic acid groups (broad SMARTS) is 1. The molecule has 1 N–H and O–H groups in total. The van der Waals surface area contributed by atoms with Gasteiger partial charge in [0, 0.05) is 6.08 Å². The number of benzene rings is 1. The monoisotopic (exact) mass is 248 g/mol. The van der Waals surface area contributed by atoms with Crippen LogP contribution in [0.2, 0.25) is 0 Å². The molecule has 0 unspecified atom stereocenters. The molecule has 0 spiro atoms. The van der Waals surface area contributed by atoms with Gasteiger partial charge in [0.25, 0.3) is 0 Å². The van der Waals surface area contributed by atoms with E-state index in [4.69, 9.17) is 9.84 Å². The molecular weight excluding hydrogens is 228 g/mol. The number of allylic oxidation sites excluding steroid dienone is 1. The molecule has 1 aromatic carbocycles. The van der Waals surface area contributed by atoms with E-state index in [1.165, 1.54) is 6.08 Å². The van der Waals surface area contributed by atoms with Crippen LogP contribution < -0.4 is 4.74 Å². The summed E-state index contributed by atoms with van der Waals surface area (Å²) >= 11 is 0. The molecule has 0 aliphatic heterocycles. The minimum absolute atomic E-state index is 0.378. The van der Waals surface area contributed by atoms with Crippen molar-refractivity contribution in [3.63, 3.8) is 0 Å². The largest absolute Gasteiger partial charge is 0.496 e. The molecule has 0 radical (unpaired) electrons. The SMILES string of the molecule is COc1cc(C)c(C/C=C/C(=O)O)cc1C(C)C. The molecule has 0 saturated carbocycles. The highest BCUT2D eigenvalue weighted by atomic mass is 16.5. The van der Waals surface area contributed by atoms with E-state index in [-0.39, 0.29) is 0 Å². The summed E-state index contributed by atoms with van der Waals surface area (Å²) in [7, 11) is 1.67. The lowest BCUT2D eigenvalue weighted by Crippen LogP contribution is -1.99. The fourth-order valence-corrected chi connectivity index (χ4v) is 1.88. The molecule has 0 saturated heterocycles. The van der Waals surface area contributed by atoms with Crippen LogP contribution >= 0.6 is 0 Å². The van der Waals surface area contributed by atoms with Crippen LogP contribution in [0.3, 0.4) is 0 Å². The second-order valence-corrected chi connectivity index (χ2v) is 4.62. The van der Waals surface area contributed by atoms with Crippen LogP contribution in [0.15, 0.2) is 24.3 Å². The topological polar surface area (TPSA) is 46.5 Å². The van der Waals surface area contributed by atoms with Gasteiger partial charge >= 0.3 is 5.97 Å². The average Bonchev–Trinajstić information content (AvgIpc) is 2.29. The lowest BCUT2D eigenvalue weighted by molar-refractivity contribution is -0.131. The van der Waals surface area contributed by atoms with Gasteiger partial charge in [-0.2, -0.15) is 0 Å². The standard InChI is InChI=1S/C15H20O3/c1-10(2)13-9-12(6-5-7-15(16)17)11(3)8-14(13)18-4/h5,7-10H,6H2,1-4H3,(H,16,17)/b7-5+. The predicted octanol–water partition coefficient (Wildman–Crippen LogP) is 3.31. The zero-order valence-electron chi connectivity index (χ0n) is 11.4. The molecule has 0 heterocycles. The zero-order valence-corrected chi connectivity index (χ0v) is 11.4. The minimum Gasteiger partial charge on any atom is -0.496 e. The van der Waals surface area contributed by atoms with Gasteiger partial charge in [-0.1, -0.05) is 26.0 Å². The zero-order chi connectivity index (χ0) is 13.7. The van der Waals surface area contributed by atoms with Crippen molar-refractivity contribution in [3.8, 4) is 5.75 Å². The van der Waals surface area contributed by atoms with E-state index < -0.39 is 5.97 Å². The van der Waals surface area contributed by atoms with Gasteiger partial charge in [-0.15, -0.1) is 0 Å². The molecule has 3 heteroatoms. The molecular formula is C15H20O3. The first-order valence-corrected chi connectivity index (χ1v) is 6.02. The predicted molar refractivity (Wildman–Crippen MR) is 72.3 cm³/mol. The number of aliphatic carboxylic acids is 1. The van der Waals surface area contributed by atoms with Crippen LogP contribution in [0.1, 0.15) is 36.5 Å². The van der Waals surface area contributed by atoms with Crippen LogP contribution in [0.5, 0.6) is 5.75 Å². The second kappa shape index (κ2) is 6.24. The van der Waals surface area contributed by atoms with Crippen LogP contribution in [0, 0.1) is 6.92 Å². The lowest BCUT2D eigenvalue weighted by atomic mass is 9.95. The number of ether oxygens (including phenoxy) is 1. The highest BCUT2D eigenvalue weighted by Crippen LogP contribution is 2.29. The number of methoxy groups -OCH3 is 1. The molecule has 0 amide bonds. The number of carbonyl (C=O) groups is 1. The van der Waals surface area contributed by atoms with Crippen molar-refractivity contribution in [2.75, 3.05) is 7.11 Å². The van der Waals surface area contributed by atoms with Gasteiger partial charge in [0.15, 0.2) is 0 Å². The molecule has 0 aliphatic carbocycles. The van der Waals surface area contributed by atoms with E-state index in [2.05, 4.69) is 19.9 Å². The Morgan fingerprint density at radius 3 is 2.61 bits per heavy atom. The molecule has 0 fully saturated rings. The first-order chi connectivity index (χ1) is 8.45. The maximum absolute atomic E-state index is 10.4. The Balaban J connectivity index is 3.05. The first kappa shape index (κ1) is 14.3. The molecule has 3 nitrogen and oxygen atoms in total. The Hall–Kier alpha value is -1.77. The van der Waals surface area contributed by atoms with Crippen molar-refractivity contribution >= 4 is 5.97 Å². The Bertz CT molecular complexity index is 459. The van der Waals surface area contributed by atoms with E-state index in [9.17, 15) is 4.79 Å². The van der Waals surface area contributed by atoms with E-state index >= 15 is 0 Å². The third-order valence-electron chi connectivity index (χ3n) is 2.91. The first-order valence-electron chi connectivity index (χ1n) is 6.02. The Morgan fingerprint density at radius 2 is 2.11 bits per heavy atom. The van der Waals surface area contributed by atoms with Gasteiger partial charge in [-0.05, 0) is 42.0 Å². The van der Waals surface area contributed by atoms with Crippen molar-refractivity contribution in [1.82, 2.24) is 0 Å². The Labute approximate surface area is 108 Å². The van der Waals surface area contributed by atoms with Gasteiger partial charge in [-0.25, -0.2) is 4.79 Å². The summed E-state index contributed by atoms with van der Waals surface area (Å²) in [5.74, 6) is 0.362. The van der Waals surface area contributed by atoms with Gasteiger partial charge in [-0.3, -0.25) is 0 Å². The molecule has 0 aromatic heterocycles. The number of carboxylic acids is 1. The summed E-state index contributed by atoms with van der Waals surface area (Å²) in [6.45, 7) is 6.24. The maximum atomic E-state index is 10.4. The summed E-state index contributed by atoms with van der Waals surface area (Å²) in [5, 5.41) is 8.58. The smallest absolute Gasteiger partial charge is 0.327 e.